The maximum Gasteiger partial charge on any atom is 0.0597 e. The zero-order valence-electron chi connectivity index (χ0n) is 13.5. The summed E-state index contributed by atoms with van der Waals surface area (Å²) in [4.78, 5) is 2.56. The number of nitrogens with one attached hydrogen (secondary N) is 1. The Morgan fingerprint density at radius 2 is 2.05 bits per heavy atom. The Hall–Kier alpha value is -0.870. The summed E-state index contributed by atoms with van der Waals surface area (Å²) in [6.07, 6.45) is 2.64. The second-order valence-corrected chi connectivity index (χ2v) is 6.67. The molecule has 0 spiro atoms. The predicted molar refractivity (Wildman–Crippen MR) is 83.7 cm³/mol. The Morgan fingerprint density at radius 3 is 2.60 bits per heavy atom. The monoisotopic (exact) mass is 278 g/mol. The van der Waals surface area contributed by atoms with Crippen molar-refractivity contribution < 1.29 is 0 Å². The first kappa shape index (κ1) is 15.5. The van der Waals surface area contributed by atoms with E-state index in [1.165, 1.54) is 38.2 Å². The van der Waals surface area contributed by atoms with E-state index in [9.17, 15) is 0 Å². The van der Waals surface area contributed by atoms with Crippen LogP contribution in [0.25, 0.3) is 0 Å². The third-order valence-corrected chi connectivity index (χ3v) is 4.18. The lowest BCUT2D eigenvalue weighted by atomic mass is 9.96. The Balaban J connectivity index is 1.70. The highest BCUT2D eigenvalue weighted by Gasteiger charge is 2.19. The summed E-state index contributed by atoms with van der Waals surface area (Å²) in [5, 5.41) is 8.03. The smallest absolute Gasteiger partial charge is 0.0597 e. The average molecular weight is 278 g/mol. The van der Waals surface area contributed by atoms with Gasteiger partial charge in [-0.15, -0.1) is 0 Å². The molecule has 114 valence electrons. The highest BCUT2D eigenvalue weighted by molar-refractivity contribution is 5.08. The molecule has 0 atom stereocenters. The molecule has 0 saturated carbocycles. The lowest BCUT2D eigenvalue weighted by Crippen LogP contribution is -2.37. The van der Waals surface area contributed by atoms with Crippen LogP contribution in [0.4, 0.5) is 0 Å². The second kappa shape index (κ2) is 7.23. The molecule has 4 heteroatoms. The molecule has 1 aromatic heterocycles. The Bertz CT molecular complexity index is 403. The number of hydrogen-bond acceptors (Lipinski definition) is 3. The molecule has 20 heavy (non-hydrogen) atoms. The summed E-state index contributed by atoms with van der Waals surface area (Å²) in [6.45, 7) is 12.4. The molecule has 1 saturated heterocycles. The molecule has 0 bridgehead atoms. The minimum atomic E-state index is 0.753. The fourth-order valence-corrected chi connectivity index (χ4v) is 2.97. The first-order valence-corrected chi connectivity index (χ1v) is 7.97. The molecule has 1 aromatic rings. The summed E-state index contributed by atoms with van der Waals surface area (Å²) < 4.78 is 2.02. The maximum absolute atomic E-state index is 4.43. The number of aromatic nitrogens is 2. The number of nitrogens with zero attached hydrogens (tertiary/aromatic N) is 3. The Kier molecular flexibility index (Phi) is 5.61. The minimum Gasteiger partial charge on any atom is -0.316 e. The largest absolute Gasteiger partial charge is 0.316 e. The Labute approximate surface area is 123 Å². The van der Waals surface area contributed by atoms with E-state index < -0.39 is 0 Å². The van der Waals surface area contributed by atoms with Gasteiger partial charge in [-0.3, -0.25) is 9.58 Å². The summed E-state index contributed by atoms with van der Waals surface area (Å²) in [6, 6.07) is 2.20. The summed E-state index contributed by atoms with van der Waals surface area (Å²) in [5.74, 6) is 1.61. The molecule has 0 radical (unpaired) electrons. The summed E-state index contributed by atoms with van der Waals surface area (Å²) in [7, 11) is 2.05. The van der Waals surface area contributed by atoms with Gasteiger partial charge >= 0.3 is 0 Å². The van der Waals surface area contributed by atoms with Crippen LogP contribution in [0, 0.1) is 18.8 Å². The first-order valence-electron chi connectivity index (χ1n) is 7.97. The normalized spacial score (nSPS) is 18.1. The van der Waals surface area contributed by atoms with Gasteiger partial charge in [0.05, 0.1) is 11.4 Å². The van der Waals surface area contributed by atoms with Crippen LogP contribution in [-0.4, -0.2) is 40.9 Å². The molecule has 0 aliphatic carbocycles. The highest BCUT2D eigenvalue weighted by atomic mass is 15.3. The third-order valence-electron chi connectivity index (χ3n) is 4.18. The van der Waals surface area contributed by atoms with Gasteiger partial charge in [0.1, 0.15) is 0 Å². The molecular weight excluding hydrogens is 248 g/mol. The van der Waals surface area contributed by atoms with Gasteiger partial charge in [0.25, 0.3) is 0 Å². The molecule has 0 amide bonds. The van der Waals surface area contributed by atoms with Crippen LogP contribution < -0.4 is 5.32 Å². The molecule has 1 aliphatic heterocycles. The van der Waals surface area contributed by atoms with Crippen molar-refractivity contribution in [3.8, 4) is 0 Å². The third kappa shape index (κ3) is 4.60. The van der Waals surface area contributed by atoms with Crippen LogP contribution in [0.1, 0.15) is 38.1 Å². The first-order chi connectivity index (χ1) is 9.54. The molecule has 2 heterocycles. The van der Waals surface area contributed by atoms with Gasteiger partial charge in [-0.05, 0) is 63.8 Å². The lowest BCUT2D eigenvalue weighted by molar-refractivity contribution is 0.171. The van der Waals surface area contributed by atoms with Crippen molar-refractivity contribution >= 4 is 0 Å². The van der Waals surface area contributed by atoms with Crippen molar-refractivity contribution in [2.45, 2.75) is 40.2 Å². The fraction of sp³-hybridized carbons (Fsp3) is 0.812. The summed E-state index contributed by atoms with van der Waals surface area (Å²) in [5.41, 5.74) is 2.45. The van der Waals surface area contributed by atoms with Gasteiger partial charge in [0.15, 0.2) is 0 Å². The molecule has 1 N–H and O–H groups in total. The van der Waals surface area contributed by atoms with Gasteiger partial charge in [-0.25, -0.2) is 0 Å². The Morgan fingerprint density at radius 1 is 1.35 bits per heavy atom. The van der Waals surface area contributed by atoms with Crippen molar-refractivity contribution in [3.63, 3.8) is 0 Å². The van der Waals surface area contributed by atoms with Gasteiger partial charge in [0.2, 0.25) is 0 Å². The minimum absolute atomic E-state index is 0.753. The SMILES string of the molecule is Cc1cc(CN2CCC(CNCC(C)C)CC2)n(C)n1. The fourth-order valence-electron chi connectivity index (χ4n) is 2.97. The number of likely N-dealkylation sites (tertiary alicyclic amines) is 1. The average Bonchev–Trinajstić information content (AvgIpc) is 2.69. The van der Waals surface area contributed by atoms with E-state index in [1.807, 2.05) is 11.7 Å². The second-order valence-electron chi connectivity index (χ2n) is 6.67. The standard InChI is InChI=1S/C16H30N4/c1-13(2)10-17-11-15-5-7-20(8-6-15)12-16-9-14(3)18-19(16)4/h9,13,15,17H,5-8,10-12H2,1-4H3. The van der Waals surface area contributed by atoms with Crippen LogP contribution in [0.3, 0.4) is 0 Å². The van der Waals surface area contributed by atoms with E-state index in [2.05, 4.69) is 42.2 Å². The maximum atomic E-state index is 4.43. The molecule has 1 aliphatic rings. The van der Waals surface area contributed by atoms with Gasteiger partial charge in [0, 0.05) is 13.6 Å². The number of aryl methyl sites for hydroxylation is 2. The van der Waals surface area contributed by atoms with E-state index in [1.54, 1.807) is 0 Å². The lowest BCUT2D eigenvalue weighted by Gasteiger charge is -2.32. The molecule has 1 fully saturated rings. The van der Waals surface area contributed by atoms with E-state index >= 15 is 0 Å². The number of hydrogen-bond donors (Lipinski definition) is 1. The molecule has 2 rings (SSSR count). The van der Waals surface area contributed by atoms with Crippen molar-refractivity contribution in [1.29, 1.82) is 0 Å². The van der Waals surface area contributed by atoms with Crippen molar-refractivity contribution in [2.24, 2.45) is 18.9 Å². The van der Waals surface area contributed by atoms with E-state index in [0.29, 0.717) is 0 Å². The van der Waals surface area contributed by atoms with Gasteiger partial charge < -0.3 is 5.32 Å². The van der Waals surface area contributed by atoms with Crippen LogP contribution in [-0.2, 0) is 13.6 Å². The van der Waals surface area contributed by atoms with Crippen LogP contribution in [0.15, 0.2) is 6.07 Å². The van der Waals surface area contributed by atoms with Gasteiger partial charge in [-0.2, -0.15) is 5.10 Å². The predicted octanol–water partition coefficient (Wildman–Crippen LogP) is 2.19. The zero-order valence-corrected chi connectivity index (χ0v) is 13.5. The van der Waals surface area contributed by atoms with Crippen LogP contribution in [0.2, 0.25) is 0 Å². The van der Waals surface area contributed by atoms with E-state index in [4.69, 9.17) is 0 Å². The molecule has 0 unspecified atom stereocenters. The number of rotatable bonds is 6. The molecular formula is C16H30N4. The van der Waals surface area contributed by atoms with E-state index in [0.717, 1.165) is 30.6 Å². The quantitative estimate of drug-likeness (QED) is 0.866. The topological polar surface area (TPSA) is 33.1 Å². The van der Waals surface area contributed by atoms with Crippen molar-refractivity contribution in [2.75, 3.05) is 26.2 Å². The molecule has 0 aromatic carbocycles. The number of piperidine rings is 1. The van der Waals surface area contributed by atoms with Crippen LogP contribution in [0.5, 0.6) is 0 Å². The van der Waals surface area contributed by atoms with Crippen molar-refractivity contribution in [3.05, 3.63) is 17.5 Å². The highest BCUT2D eigenvalue weighted by Crippen LogP contribution is 2.18. The molecule has 4 nitrogen and oxygen atoms in total. The van der Waals surface area contributed by atoms with Crippen LogP contribution >= 0.6 is 0 Å². The zero-order chi connectivity index (χ0) is 14.5. The van der Waals surface area contributed by atoms with E-state index in [-0.39, 0.29) is 0 Å². The van der Waals surface area contributed by atoms with Crippen molar-refractivity contribution in [1.82, 2.24) is 20.0 Å². The summed E-state index contributed by atoms with van der Waals surface area (Å²) >= 11 is 0. The van der Waals surface area contributed by atoms with Gasteiger partial charge in [-0.1, -0.05) is 13.8 Å².